The van der Waals surface area contributed by atoms with E-state index in [-0.39, 0.29) is 18.1 Å². The third kappa shape index (κ3) is 4.43. The zero-order valence-electron chi connectivity index (χ0n) is 13.7. The molecule has 0 aromatic heterocycles. The van der Waals surface area contributed by atoms with Crippen LogP contribution in [0.1, 0.15) is 27.0 Å². The molecule has 2 aromatic rings. The average molecular weight is 322 g/mol. The molecule has 0 bridgehead atoms. The summed E-state index contributed by atoms with van der Waals surface area (Å²) in [6, 6.07) is 15.9. The maximum atomic E-state index is 12.1. The van der Waals surface area contributed by atoms with Crippen LogP contribution in [-0.4, -0.2) is 30.4 Å². The molecule has 0 radical (unpaired) electrons. The first-order valence-corrected chi connectivity index (χ1v) is 7.47. The van der Waals surface area contributed by atoms with Crippen LogP contribution in [0.2, 0.25) is 0 Å². The molecular weight excluding hydrogens is 304 g/mol. The van der Waals surface area contributed by atoms with Gasteiger partial charge in [-0.1, -0.05) is 30.3 Å². The van der Waals surface area contributed by atoms with Gasteiger partial charge in [0.2, 0.25) is 0 Å². The summed E-state index contributed by atoms with van der Waals surface area (Å²) in [6.07, 6.45) is 0. The summed E-state index contributed by atoms with van der Waals surface area (Å²) in [5.74, 6) is -0.909. The van der Waals surface area contributed by atoms with E-state index in [9.17, 15) is 9.59 Å². The Morgan fingerprint density at radius 3 is 2.62 bits per heavy atom. The molecule has 2 aromatic carbocycles. The van der Waals surface area contributed by atoms with Crippen LogP contribution in [0, 0.1) is 18.3 Å². The van der Waals surface area contributed by atoms with Crippen molar-refractivity contribution >= 4 is 11.9 Å². The van der Waals surface area contributed by atoms with E-state index < -0.39 is 5.97 Å². The van der Waals surface area contributed by atoms with Crippen molar-refractivity contribution in [3.05, 3.63) is 70.8 Å². The van der Waals surface area contributed by atoms with Crippen LogP contribution >= 0.6 is 0 Å². The van der Waals surface area contributed by atoms with Gasteiger partial charge >= 0.3 is 5.97 Å². The molecule has 2 rings (SSSR count). The van der Waals surface area contributed by atoms with Crippen LogP contribution in [-0.2, 0) is 16.1 Å². The number of amides is 1. The molecule has 0 fully saturated rings. The van der Waals surface area contributed by atoms with Crippen molar-refractivity contribution in [1.29, 1.82) is 5.26 Å². The van der Waals surface area contributed by atoms with E-state index in [2.05, 4.69) is 0 Å². The van der Waals surface area contributed by atoms with Crippen molar-refractivity contribution in [3.63, 3.8) is 0 Å². The van der Waals surface area contributed by atoms with Crippen LogP contribution < -0.4 is 0 Å². The Hall–Kier alpha value is -3.13. The topological polar surface area (TPSA) is 70.4 Å². The Kier molecular flexibility index (Phi) is 5.69. The number of hydrogen-bond acceptors (Lipinski definition) is 4. The maximum Gasteiger partial charge on any atom is 0.338 e. The predicted molar refractivity (Wildman–Crippen MR) is 89.1 cm³/mol. The summed E-state index contributed by atoms with van der Waals surface area (Å²) >= 11 is 0. The number of esters is 1. The first-order chi connectivity index (χ1) is 11.5. The molecule has 5 heteroatoms. The first-order valence-electron chi connectivity index (χ1n) is 7.47. The average Bonchev–Trinajstić information content (AvgIpc) is 2.61. The van der Waals surface area contributed by atoms with Crippen molar-refractivity contribution in [2.24, 2.45) is 0 Å². The van der Waals surface area contributed by atoms with Crippen LogP contribution in [0.3, 0.4) is 0 Å². The molecule has 0 atom stereocenters. The lowest BCUT2D eigenvalue weighted by Crippen LogP contribution is -2.31. The lowest BCUT2D eigenvalue weighted by molar-refractivity contribution is -0.133. The number of ether oxygens (including phenoxy) is 1. The standard InChI is InChI=1S/C19H18N2O3/c1-14-6-3-4-8-17(14)12-21(2)18(22)13-24-19(23)16-9-5-7-15(10-16)11-20/h3-10H,12-13H2,1-2H3. The Labute approximate surface area is 141 Å². The van der Waals surface area contributed by atoms with E-state index in [1.54, 1.807) is 25.2 Å². The summed E-state index contributed by atoms with van der Waals surface area (Å²) in [4.78, 5) is 25.6. The highest BCUT2D eigenvalue weighted by Crippen LogP contribution is 2.10. The number of nitrogens with zero attached hydrogens (tertiary/aromatic N) is 2. The molecule has 0 unspecified atom stereocenters. The van der Waals surface area contributed by atoms with E-state index in [1.807, 2.05) is 37.3 Å². The fraction of sp³-hybridized carbons (Fsp3) is 0.211. The van der Waals surface area contributed by atoms with Gasteiger partial charge in [-0.2, -0.15) is 5.26 Å². The van der Waals surface area contributed by atoms with Gasteiger partial charge in [-0.3, -0.25) is 4.79 Å². The fourth-order valence-corrected chi connectivity index (χ4v) is 2.17. The van der Waals surface area contributed by atoms with E-state index in [0.717, 1.165) is 11.1 Å². The minimum absolute atomic E-state index is 0.253. The van der Waals surface area contributed by atoms with Crippen molar-refractivity contribution in [2.75, 3.05) is 13.7 Å². The summed E-state index contributed by atoms with van der Waals surface area (Å²) in [6.45, 7) is 2.10. The van der Waals surface area contributed by atoms with Gasteiger partial charge in [0.15, 0.2) is 6.61 Å². The first kappa shape index (κ1) is 17.2. The molecule has 0 saturated heterocycles. The number of carbonyl (C=O) groups excluding carboxylic acids is 2. The van der Waals surface area contributed by atoms with Crippen LogP contribution in [0.15, 0.2) is 48.5 Å². The van der Waals surface area contributed by atoms with E-state index in [0.29, 0.717) is 12.1 Å². The zero-order chi connectivity index (χ0) is 17.5. The zero-order valence-corrected chi connectivity index (χ0v) is 13.7. The highest BCUT2D eigenvalue weighted by atomic mass is 16.5. The molecule has 0 spiro atoms. The van der Waals surface area contributed by atoms with Gasteiger partial charge in [0.05, 0.1) is 17.2 Å². The minimum atomic E-state index is -0.621. The van der Waals surface area contributed by atoms with E-state index >= 15 is 0 Å². The van der Waals surface area contributed by atoms with Gasteiger partial charge in [-0.05, 0) is 36.2 Å². The van der Waals surface area contributed by atoms with Crippen LogP contribution in [0.25, 0.3) is 0 Å². The van der Waals surface area contributed by atoms with Crippen molar-refractivity contribution in [2.45, 2.75) is 13.5 Å². The normalized spacial score (nSPS) is 9.88. The summed E-state index contributed by atoms with van der Waals surface area (Å²) in [5, 5.41) is 8.83. The Morgan fingerprint density at radius 2 is 1.92 bits per heavy atom. The molecule has 122 valence electrons. The van der Waals surface area contributed by atoms with Gasteiger partial charge in [0.25, 0.3) is 5.91 Å². The van der Waals surface area contributed by atoms with Gasteiger partial charge in [0, 0.05) is 13.6 Å². The lowest BCUT2D eigenvalue weighted by Gasteiger charge is -2.18. The number of carbonyl (C=O) groups is 2. The highest BCUT2D eigenvalue weighted by molar-refractivity contribution is 5.91. The number of likely N-dealkylation sites (N-methyl/N-ethyl adjacent to an activating group) is 1. The molecule has 1 amide bonds. The number of aryl methyl sites for hydroxylation is 1. The molecule has 0 saturated carbocycles. The third-order valence-electron chi connectivity index (χ3n) is 3.65. The number of rotatable bonds is 5. The Balaban J connectivity index is 1.91. The largest absolute Gasteiger partial charge is 0.452 e. The van der Waals surface area contributed by atoms with E-state index in [1.165, 1.54) is 11.0 Å². The molecule has 0 aliphatic carbocycles. The quantitative estimate of drug-likeness (QED) is 0.794. The predicted octanol–water partition coefficient (Wildman–Crippen LogP) is 2.68. The second-order valence-corrected chi connectivity index (χ2v) is 5.45. The summed E-state index contributed by atoms with van der Waals surface area (Å²) in [5.41, 5.74) is 2.76. The van der Waals surface area contributed by atoms with Crippen molar-refractivity contribution in [3.8, 4) is 6.07 Å². The summed E-state index contributed by atoms with van der Waals surface area (Å²) in [7, 11) is 1.67. The Morgan fingerprint density at radius 1 is 1.17 bits per heavy atom. The molecule has 0 aliphatic rings. The van der Waals surface area contributed by atoms with Gasteiger partial charge in [0.1, 0.15) is 0 Å². The monoisotopic (exact) mass is 322 g/mol. The van der Waals surface area contributed by atoms with Crippen molar-refractivity contribution < 1.29 is 14.3 Å². The number of hydrogen-bond donors (Lipinski definition) is 0. The van der Waals surface area contributed by atoms with Crippen LogP contribution in [0.4, 0.5) is 0 Å². The molecule has 0 heterocycles. The maximum absolute atomic E-state index is 12.1. The minimum Gasteiger partial charge on any atom is -0.452 e. The number of nitriles is 1. The fourth-order valence-electron chi connectivity index (χ4n) is 2.17. The van der Waals surface area contributed by atoms with Gasteiger partial charge in [-0.25, -0.2) is 4.79 Å². The van der Waals surface area contributed by atoms with E-state index in [4.69, 9.17) is 10.00 Å². The van der Waals surface area contributed by atoms with Gasteiger partial charge in [-0.15, -0.1) is 0 Å². The van der Waals surface area contributed by atoms with Crippen LogP contribution in [0.5, 0.6) is 0 Å². The molecule has 0 N–H and O–H groups in total. The second-order valence-electron chi connectivity index (χ2n) is 5.45. The molecule has 5 nitrogen and oxygen atoms in total. The van der Waals surface area contributed by atoms with Crippen molar-refractivity contribution in [1.82, 2.24) is 4.90 Å². The second kappa shape index (κ2) is 7.93. The molecule has 24 heavy (non-hydrogen) atoms. The molecular formula is C19H18N2O3. The third-order valence-corrected chi connectivity index (χ3v) is 3.65. The lowest BCUT2D eigenvalue weighted by atomic mass is 10.1. The summed E-state index contributed by atoms with van der Waals surface area (Å²) < 4.78 is 5.04. The molecule has 0 aliphatic heterocycles. The Bertz CT molecular complexity index is 793. The highest BCUT2D eigenvalue weighted by Gasteiger charge is 2.14. The SMILES string of the molecule is Cc1ccccc1CN(C)C(=O)COC(=O)c1cccc(C#N)c1. The number of benzene rings is 2. The smallest absolute Gasteiger partial charge is 0.338 e. The van der Waals surface area contributed by atoms with Gasteiger partial charge < -0.3 is 9.64 Å².